The fourth-order valence-corrected chi connectivity index (χ4v) is 5.25. The molecule has 14 heteroatoms. The summed E-state index contributed by atoms with van der Waals surface area (Å²) < 4.78 is 12.0. The maximum absolute atomic E-state index is 13.0. The Morgan fingerprint density at radius 2 is 1.93 bits per heavy atom. The van der Waals surface area contributed by atoms with Crippen molar-refractivity contribution in [3.05, 3.63) is 87.9 Å². The van der Waals surface area contributed by atoms with Gasteiger partial charge in [-0.15, -0.1) is 12.4 Å². The van der Waals surface area contributed by atoms with E-state index in [2.05, 4.69) is 20.7 Å². The first kappa shape index (κ1) is 33.9. The second-order valence-electron chi connectivity index (χ2n) is 11.7. The van der Waals surface area contributed by atoms with Crippen LogP contribution in [0.4, 0.5) is 5.69 Å². The predicted octanol–water partition coefficient (Wildman–Crippen LogP) is 4.01. The van der Waals surface area contributed by atoms with Gasteiger partial charge in [-0.1, -0.05) is 12.1 Å². The molecule has 0 spiro atoms. The molecule has 0 saturated heterocycles. The summed E-state index contributed by atoms with van der Waals surface area (Å²) in [6, 6.07) is 11.6. The molecule has 46 heavy (non-hydrogen) atoms. The molecule has 3 heterocycles. The Kier molecular flexibility index (Phi) is 9.98. The fraction of sp³-hybridized carbons (Fsp3) is 0.312. The standard InChI is InChI=1S/C23H24N4O5.C9H10N2O2.ClH/c1-12-13-7-8-16(15(13)6-5-14(12)22(31)32-23(2,3)4)26-20(28)18-11-17(21(29)30)25-19-9-10-24-27(18)19;10-4-6-1-2-7-8(3-6)13-5-9(12)11-7;/h5-6,9-11,16H,7-8H2,1-4H3,(H,26,28)(H,29,30);1-3H,4-5,10H2,(H,11,12);1H/t16-;;/m0../s1. The highest BCUT2D eigenvalue weighted by Crippen LogP contribution is 2.35. The molecule has 0 bridgehead atoms. The molecule has 13 nitrogen and oxygen atoms in total. The van der Waals surface area contributed by atoms with Crippen molar-refractivity contribution < 1.29 is 33.8 Å². The zero-order chi connectivity index (χ0) is 32.5. The fourth-order valence-electron chi connectivity index (χ4n) is 5.25. The van der Waals surface area contributed by atoms with Crippen molar-refractivity contribution in [2.45, 2.75) is 58.7 Å². The SMILES string of the molecule is Cc1c(C(=O)OC(C)(C)C)ccc2c1CC[C@@H]2NC(=O)c1cc(C(=O)O)nc2ccnn12.Cl.NCc1ccc2c(c1)OCC(=O)N2. The number of nitrogens with two attached hydrogens (primary N) is 1. The van der Waals surface area contributed by atoms with Crippen molar-refractivity contribution >= 4 is 47.5 Å². The van der Waals surface area contributed by atoms with E-state index in [-0.39, 0.29) is 54.0 Å². The van der Waals surface area contributed by atoms with E-state index in [4.69, 9.17) is 15.2 Å². The highest BCUT2D eigenvalue weighted by Gasteiger charge is 2.30. The number of halogens is 1. The maximum Gasteiger partial charge on any atom is 0.354 e. The van der Waals surface area contributed by atoms with E-state index in [1.165, 1.54) is 22.8 Å². The molecule has 2 aromatic heterocycles. The molecule has 1 aliphatic carbocycles. The van der Waals surface area contributed by atoms with Crippen LogP contribution in [0.25, 0.3) is 5.65 Å². The van der Waals surface area contributed by atoms with Gasteiger partial charge in [0.1, 0.15) is 17.0 Å². The van der Waals surface area contributed by atoms with E-state index in [0.29, 0.717) is 36.4 Å². The molecule has 0 unspecified atom stereocenters. The first-order valence-corrected chi connectivity index (χ1v) is 14.3. The van der Waals surface area contributed by atoms with E-state index in [0.717, 1.165) is 22.3 Å². The van der Waals surface area contributed by atoms with Gasteiger partial charge in [0.05, 0.1) is 23.5 Å². The predicted molar refractivity (Wildman–Crippen MR) is 171 cm³/mol. The van der Waals surface area contributed by atoms with Gasteiger partial charge >= 0.3 is 11.9 Å². The van der Waals surface area contributed by atoms with E-state index < -0.39 is 17.5 Å². The number of nitrogens with zero attached hydrogens (tertiary/aromatic N) is 3. The Morgan fingerprint density at radius 1 is 1.17 bits per heavy atom. The first-order valence-electron chi connectivity index (χ1n) is 14.3. The molecule has 5 N–H and O–H groups in total. The topological polar surface area (TPSA) is 187 Å². The lowest BCUT2D eigenvalue weighted by molar-refractivity contribution is -0.118. The minimum absolute atomic E-state index is 0. The van der Waals surface area contributed by atoms with Gasteiger partial charge in [-0.2, -0.15) is 5.10 Å². The quantitative estimate of drug-likeness (QED) is 0.230. The third-order valence-electron chi connectivity index (χ3n) is 7.34. The number of ether oxygens (including phenoxy) is 2. The molecule has 242 valence electrons. The molecule has 1 aliphatic heterocycles. The number of carbonyl (C=O) groups is 4. The molecule has 0 saturated carbocycles. The molecule has 1 atom stereocenters. The molecule has 2 aromatic carbocycles. The largest absolute Gasteiger partial charge is 0.482 e. The van der Waals surface area contributed by atoms with Crippen LogP contribution in [-0.4, -0.2) is 55.7 Å². The van der Waals surface area contributed by atoms with Crippen molar-refractivity contribution in [1.82, 2.24) is 19.9 Å². The van der Waals surface area contributed by atoms with Gasteiger partial charge in [0, 0.05) is 18.7 Å². The highest BCUT2D eigenvalue weighted by molar-refractivity contribution is 5.97. The number of hydrogen-bond acceptors (Lipinski definition) is 9. The number of esters is 1. The van der Waals surface area contributed by atoms with Crippen molar-refractivity contribution in [1.29, 1.82) is 0 Å². The number of rotatable bonds is 5. The highest BCUT2D eigenvalue weighted by atomic mass is 35.5. The molecule has 2 amide bonds. The van der Waals surface area contributed by atoms with Gasteiger partial charge < -0.3 is 30.9 Å². The number of fused-ring (bicyclic) bond motifs is 3. The summed E-state index contributed by atoms with van der Waals surface area (Å²) in [5, 5.41) is 19.1. The van der Waals surface area contributed by atoms with E-state index >= 15 is 0 Å². The number of nitrogens with one attached hydrogen (secondary N) is 2. The van der Waals surface area contributed by atoms with Crippen LogP contribution >= 0.6 is 12.4 Å². The lowest BCUT2D eigenvalue weighted by Gasteiger charge is -2.21. The average Bonchev–Trinajstić information content (AvgIpc) is 3.63. The van der Waals surface area contributed by atoms with Crippen LogP contribution in [0.3, 0.4) is 0 Å². The Morgan fingerprint density at radius 3 is 2.63 bits per heavy atom. The number of aromatic carboxylic acids is 1. The number of benzene rings is 2. The smallest absolute Gasteiger partial charge is 0.354 e. The Balaban J connectivity index is 0.000000287. The van der Waals surface area contributed by atoms with E-state index in [1.807, 2.05) is 45.9 Å². The molecule has 0 radical (unpaired) electrons. The number of aromatic nitrogens is 3. The van der Waals surface area contributed by atoms with Crippen LogP contribution in [0.2, 0.25) is 0 Å². The third-order valence-corrected chi connectivity index (χ3v) is 7.34. The summed E-state index contributed by atoms with van der Waals surface area (Å²) >= 11 is 0. The molecule has 4 aromatic rings. The number of amides is 2. The zero-order valence-electron chi connectivity index (χ0n) is 25.7. The number of carbonyl (C=O) groups excluding carboxylic acids is 3. The molecule has 6 rings (SSSR count). The molecule has 0 fully saturated rings. The summed E-state index contributed by atoms with van der Waals surface area (Å²) in [7, 11) is 0. The summed E-state index contributed by atoms with van der Waals surface area (Å²) in [6.07, 6.45) is 2.83. The minimum Gasteiger partial charge on any atom is -0.482 e. The van der Waals surface area contributed by atoms with Crippen LogP contribution in [-0.2, 0) is 22.5 Å². The first-order chi connectivity index (χ1) is 21.3. The zero-order valence-corrected chi connectivity index (χ0v) is 26.6. The van der Waals surface area contributed by atoms with Crippen molar-refractivity contribution in [2.24, 2.45) is 5.73 Å². The summed E-state index contributed by atoms with van der Waals surface area (Å²) in [6.45, 7) is 7.92. The number of carboxylic acids is 1. The molecule has 2 aliphatic rings. The molecular formula is C32H35ClN6O7. The third kappa shape index (κ3) is 7.27. The number of hydrogen-bond donors (Lipinski definition) is 4. The van der Waals surface area contributed by atoms with Gasteiger partial charge in [0.15, 0.2) is 17.9 Å². The Hall–Kier alpha value is -5.01. The van der Waals surface area contributed by atoms with Gasteiger partial charge in [-0.05, 0) is 81.0 Å². The van der Waals surface area contributed by atoms with Crippen LogP contribution in [0.1, 0.15) is 86.8 Å². The monoisotopic (exact) mass is 650 g/mol. The van der Waals surface area contributed by atoms with Gasteiger partial charge in [0.2, 0.25) is 0 Å². The number of anilines is 1. The second kappa shape index (κ2) is 13.5. The molecular weight excluding hydrogens is 616 g/mol. The summed E-state index contributed by atoms with van der Waals surface area (Å²) in [4.78, 5) is 51.9. The van der Waals surface area contributed by atoms with Gasteiger partial charge in [0.25, 0.3) is 11.8 Å². The van der Waals surface area contributed by atoms with E-state index in [1.54, 1.807) is 12.1 Å². The van der Waals surface area contributed by atoms with Crippen LogP contribution in [0.5, 0.6) is 5.75 Å². The Labute approximate surface area is 270 Å². The summed E-state index contributed by atoms with van der Waals surface area (Å²) in [5.74, 6) is -1.46. The Bertz CT molecular complexity index is 1830. The number of carboxylic acid groups (broad SMARTS) is 1. The van der Waals surface area contributed by atoms with Crippen molar-refractivity contribution in [2.75, 3.05) is 11.9 Å². The van der Waals surface area contributed by atoms with Crippen LogP contribution in [0, 0.1) is 6.92 Å². The lowest BCUT2D eigenvalue weighted by atomic mass is 9.97. The second-order valence-corrected chi connectivity index (χ2v) is 11.7. The van der Waals surface area contributed by atoms with Crippen molar-refractivity contribution in [3.63, 3.8) is 0 Å². The normalized spacial score (nSPS) is 14.8. The average molecular weight is 651 g/mol. The maximum atomic E-state index is 13.0. The van der Waals surface area contributed by atoms with Gasteiger partial charge in [-0.25, -0.2) is 19.1 Å². The van der Waals surface area contributed by atoms with Gasteiger partial charge in [-0.3, -0.25) is 9.59 Å². The van der Waals surface area contributed by atoms with E-state index in [9.17, 15) is 24.3 Å². The van der Waals surface area contributed by atoms with Crippen LogP contribution in [0.15, 0.2) is 48.7 Å². The summed E-state index contributed by atoms with van der Waals surface area (Å²) in [5.41, 5.74) is 10.1. The van der Waals surface area contributed by atoms with Crippen molar-refractivity contribution in [3.8, 4) is 5.75 Å². The minimum atomic E-state index is -1.22. The lowest BCUT2D eigenvalue weighted by Crippen LogP contribution is -2.29. The van der Waals surface area contributed by atoms with Crippen LogP contribution < -0.4 is 21.1 Å².